The van der Waals surface area contributed by atoms with Crippen LogP contribution in [-0.2, 0) is 0 Å². The van der Waals surface area contributed by atoms with Crippen molar-refractivity contribution in [1.82, 2.24) is 0 Å². The van der Waals surface area contributed by atoms with Gasteiger partial charge in [-0.3, -0.25) is 4.79 Å². The van der Waals surface area contributed by atoms with Gasteiger partial charge >= 0.3 is 0 Å². The van der Waals surface area contributed by atoms with E-state index < -0.39 is 5.41 Å². The average molecular weight is 232 g/mol. The Morgan fingerprint density at radius 2 is 2.12 bits per heavy atom. The molecular weight excluding hydrogens is 212 g/mol. The van der Waals surface area contributed by atoms with E-state index in [2.05, 4.69) is 6.58 Å². The normalized spacial score (nSPS) is 11.1. The molecule has 0 heterocycles. The van der Waals surface area contributed by atoms with Crippen LogP contribution < -0.4 is 4.74 Å². The van der Waals surface area contributed by atoms with Crippen molar-refractivity contribution in [2.24, 2.45) is 5.41 Å². The lowest BCUT2D eigenvalue weighted by atomic mass is 9.81. The van der Waals surface area contributed by atoms with Gasteiger partial charge in [0.15, 0.2) is 5.78 Å². The number of allylic oxidation sites excluding steroid dienone is 1. The van der Waals surface area contributed by atoms with Gasteiger partial charge in [-0.2, -0.15) is 0 Å². The van der Waals surface area contributed by atoms with E-state index in [1.165, 1.54) is 0 Å². The summed E-state index contributed by atoms with van der Waals surface area (Å²) in [4.78, 5) is 12.5. The lowest BCUT2D eigenvalue weighted by molar-refractivity contribution is 0.0837. The minimum atomic E-state index is -0.442. The fraction of sp³-hybridized carbons (Fsp3) is 0.400. The molecule has 0 unspecified atom stereocenters. The molecule has 1 aromatic rings. The summed E-state index contributed by atoms with van der Waals surface area (Å²) < 4.78 is 5.25. The lowest BCUT2D eigenvalue weighted by Gasteiger charge is -2.22. The van der Waals surface area contributed by atoms with Crippen LogP contribution >= 0.6 is 0 Å². The third-order valence-corrected chi connectivity index (χ3v) is 2.87. The molecule has 0 amide bonds. The maximum absolute atomic E-state index is 12.5. The maximum Gasteiger partial charge on any atom is 0.172 e. The highest BCUT2D eigenvalue weighted by molar-refractivity contribution is 6.02. The van der Waals surface area contributed by atoms with Crippen molar-refractivity contribution in [3.05, 3.63) is 42.0 Å². The van der Waals surface area contributed by atoms with Gasteiger partial charge in [-0.1, -0.05) is 31.6 Å². The van der Waals surface area contributed by atoms with Crippen molar-refractivity contribution in [3.63, 3.8) is 0 Å². The number of Topliss-reactive ketones (excluding diaryl/α,β-unsaturated/α-hetero) is 1. The van der Waals surface area contributed by atoms with Gasteiger partial charge in [-0.05, 0) is 25.5 Å². The van der Waals surface area contributed by atoms with Crippen molar-refractivity contribution in [2.75, 3.05) is 7.11 Å². The van der Waals surface area contributed by atoms with Gasteiger partial charge in [0.25, 0.3) is 0 Å². The lowest BCUT2D eigenvalue weighted by Crippen LogP contribution is -2.24. The van der Waals surface area contributed by atoms with Crippen molar-refractivity contribution in [1.29, 1.82) is 0 Å². The molecule has 0 radical (unpaired) electrons. The van der Waals surface area contributed by atoms with Crippen molar-refractivity contribution >= 4 is 5.78 Å². The van der Waals surface area contributed by atoms with Crippen LogP contribution in [0.2, 0.25) is 0 Å². The standard InChI is InChI=1S/C15H20O2/c1-6-9-15(3,4)14(16)12-10-11(2)7-8-13(12)17-5/h6-8,10H,1,9H2,2-5H3. The van der Waals surface area contributed by atoms with Crippen LogP contribution in [0.5, 0.6) is 5.75 Å². The van der Waals surface area contributed by atoms with E-state index in [1.54, 1.807) is 13.2 Å². The SMILES string of the molecule is C=CCC(C)(C)C(=O)c1cc(C)ccc1OC. The van der Waals surface area contributed by atoms with Gasteiger partial charge in [0.1, 0.15) is 5.75 Å². The Morgan fingerprint density at radius 3 is 2.65 bits per heavy atom. The number of methoxy groups -OCH3 is 1. The van der Waals surface area contributed by atoms with Crippen molar-refractivity contribution in [2.45, 2.75) is 27.2 Å². The summed E-state index contributed by atoms with van der Waals surface area (Å²) in [6.07, 6.45) is 2.43. The molecule has 92 valence electrons. The fourth-order valence-electron chi connectivity index (χ4n) is 1.82. The first-order chi connectivity index (χ1) is 7.92. The van der Waals surface area contributed by atoms with E-state index in [9.17, 15) is 4.79 Å². The van der Waals surface area contributed by atoms with Crippen LogP contribution in [0.4, 0.5) is 0 Å². The molecule has 0 fully saturated rings. The number of rotatable bonds is 5. The number of hydrogen-bond donors (Lipinski definition) is 0. The topological polar surface area (TPSA) is 26.3 Å². The Hall–Kier alpha value is -1.57. The molecule has 0 atom stereocenters. The fourth-order valence-corrected chi connectivity index (χ4v) is 1.82. The van der Waals surface area contributed by atoms with Crippen LogP contribution in [0.1, 0.15) is 36.2 Å². The van der Waals surface area contributed by atoms with Crippen LogP contribution in [0.25, 0.3) is 0 Å². The van der Waals surface area contributed by atoms with Crippen molar-refractivity contribution in [3.8, 4) is 5.75 Å². The van der Waals surface area contributed by atoms with Crippen LogP contribution in [0.3, 0.4) is 0 Å². The number of ketones is 1. The summed E-state index contributed by atoms with van der Waals surface area (Å²) in [6, 6.07) is 5.66. The largest absolute Gasteiger partial charge is 0.496 e. The van der Waals surface area contributed by atoms with Gasteiger partial charge in [-0.15, -0.1) is 6.58 Å². The van der Waals surface area contributed by atoms with Crippen LogP contribution in [-0.4, -0.2) is 12.9 Å². The van der Waals surface area contributed by atoms with Crippen LogP contribution in [0.15, 0.2) is 30.9 Å². The summed E-state index contributed by atoms with van der Waals surface area (Å²) in [5, 5.41) is 0. The molecule has 0 saturated carbocycles. The number of carbonyl (C=O) groups is 1. The predicted octanol–water partition coefficient (Wildman–Crippen LogP) is 3.79. The molecule has 0 aromatic heterocycles. The van der Waals surface area contributed by atoms with Gasteiger partial charge < -0.3 is 4.74 Å². The monoisotopic (exact) mass is 232 g/mol. The summed E-state index contributed by atoms with van der Waals surface area (Å²) in [5.41, 5.74) is 1.27. The third-order valence-electron chi connectivity index (χ3n) is 2.87. The molecule has 0 spiro atoms. The molecule has 0 bridgehead atoms. The summed E-state index contributed by atoms with van der Waals surface area (Å²) >= 11 is 0. The first-order valence-electron chi connectivity index (χ1n) is 5.72. The minimum absolute atomic E-state index is 0.0953. The second-order valence-corrected chi connectivity index (χ2v) is 4.91. The molecule has 0 aliphatic rings. The van der Waals surface area contributed by atoms with Gasteiger partial charge in [0.05, 0.1) is 12.7 Å². The highest BCUT2D eigenvalue weighted by atomic mass is 16.5. The Bertz CT molecular complexity index is 431. The number of carbonyl (C=O) groups excluding carboxylic acids is 1. The molecule has 0 aliphatic heterocycles. The average Bonchev–Trinajstić information content (AvgIpc) is 2.28. The second kappa shape index (κ2) is 5.17. The molecule has 1 aromatic carbocycles. The third kappa shape index (κ3) is 2.96. The molecule has 0 saturated heterocycles. The Labute approximate surface area is 103 Å². The molecule has 17 heavy (non-hydrogen) atoms. The molecule has 2 heteroatoms. The molecule has 2 nitrogen and oxygen atoms in total. The van der Waals surface area contributed by atoms with Crippen molar-refractivity contribution < 1.29 is 9.53 Å². The van der Waals surface area contributed by atoms with E-state index in [-0.39, 0.29) is 5.78 Å². The van der Waals surface area contributed by atoms with E-state index in [1.807, 2.05) is 39.0 Å². The number of ether oxygens (including phenoxy) is 1. The minimum Gasteiger partial charge on any atom is -0.496 e. The number of hydrogen-bond acceptors (Lipinski definition) is 2. The Kier molecular flexibility index (Phi) is 4.11. The van der Waals surface area contributed by atoms with Gasteiger partial charge in [0.2, 0.25) is 0 Å². The second-order valence-electron chi connectivity index (χ2n) is 4.91. The van der Waals surface area contributed by atoms with E-state index >= 15 is 0 Å². The van der Waals surface area contributed by atoms with E-state index in [0.29, 0.717) is 17.7 Å². The summed E-state index contributed by atoms with van der Waals surface area (Å²) in [6.45, 7) is 9.53. The van der Waals surface area contributed by atoms with E-state index in [4.69, 9.17) is 4.74 Å². The zero-order valence-electron chi connectivity index (χ0n) is 11.0. The molecular formula is C15H20O2. The molecule has 1 rings (SSSR count). The quantitative estimate of drug-likeness (QED) is 0.570. The Morgan fingerprint density at radius 1 is 1.47 bits per heavy atom. The van der Waals surface area contributed by atoms with E-state index in [0.717, 1.165) is 5.56 Å². The van der Waals surface area contributed by atoms with Crippen LogP contribution in [0, 0.1) is 12.3 Å². The van der Waals surface area contributed by atoms with Gasteiger partial charge in [0, 0.05) is 5.41 Å². The predicted molar refractivity (Wildman–Crippen MR) is 70.7 cm³/mol. The zero-order chi connectivity index (χ0) is 13.1. The highest BCUT2D eigenvalue weighted by Crippen LogP contribution is 2.31. The first-order valence-corrected chi connectivity index (χ1v) is 5.72. The smallest absolute Gasteiger partial charge is 0.172 e. The molecule has 0 N–H and O–H groups in total. The highest BCUT2D eigenvalue weighted by Gasteiger charge is 2.29. The molecule has 0 aliphatic carbocycles. The zero-order valence-corrected chi connectivity index (χ0v) is 11.0. The number of aryl methyl sites for hydroxylation is 1. The maximum atomic E-state index is 12.5. The first kappa shape index (κ1) is 13.5. The van der Waals surface area contributed by atoms with Gasteiger partial charge in [-0.25, -0.2) is 0 Å². The summed E-state index contributed by atoms with van der Waals surface area (Å²) in [5.74, 6) is 0.732. The Balaban J connectivity index is 3.19. The number of benzene rings is 1. The summed E-state index contributed by atoms with van der Waals surface area (Å²) in [7, 11) is 1.59.